The molecule has 0 aliphatic heterocycles. The van der Waals surface area contributed by atoms with Crippen LogP contribution in [0.5, 0.6) is 0 Å². The minimum Gasteiger partial charge on any atom is -0.357 e. The van der Waals surface area contributed by atoms with E-state index >= 15 is 0 Å². The van der Waals surface area contributed by atoms with E-state index in [0.717, 1.165) is 21.0 Å². The first-order valence-electron chi connectivity index (χ1n) is 11.9. The number of aryl methyl sites for hydroxylation is 2. The summed E-state index contributed by atoms with van der Waals surface area (Å²) in [6.07, 6.45) is 0.590. The van der Waals surface area contributed by atoms with Gasteiger partial charge < -0.3 is 10.2 Å². The van der Waals surface area contributed by atoms with Crippen LogP contribution in [0.15, 0.2) is 83.8 Å². The average molecular weight is 508 g/mol. The van der Waals surface area contributed by atoms with Crippen LogP contribution in [0.25, 0.3) is 0 Å². The number of nitrogens with zero attached hydrogens (tertiary/aromatic N) is 2. The topological polar surface area (TPSA) is 86.8 Å². The number of benzene rings is 3. The summed E-state index contributed by atoms with van der Waals surface area (Å²) in [4.78, 5) is 27.9. The first-order chi connectivity index (χ1) is 17.2. The number of rotatable bonds is 10. The van der Waals surface area contributed by atoms with Crippen LogP contribution < -0.4 is 9.62 Å². The smallest absolute Gasteiger partial charge is 0.264 e. The summed E-state index contributed by atoms with van der Waals surface area (Å²) >= 11 is 0. The van der Waals surface area contributed by atoms with Crippen LogP contribution in [0.4, 0.5) is 5.69 Å². The predicted molar refractivity (Wildman–Crippen MR) is 142 cm³/mol. The SMILES string of the molecule is CCc1ccccc1N(CC(=O)N(Cc1cccc(C)c1)[C@@H](C)C(=O)NC)S(=O)(=O)c1ccccc1. The number of hydrogen-bond donors (Lipinski definition) is 1. The fraction of sp³-hybridized carbons (Fsp3) is 0.286. The molecule has 0 bridgehead atoms. The van der Waals surface area contributed by atoms with Gasteiger partial charge in [0, 0.05) is 13.6 Å². The molecule has 8 heteroatoms. The second kappa shape index (κ2) is 11.9. The summed E-state index contributed by atoms with van der Waals surface area (Å²) in [5.74, 6) is -0.805. The lowest BCUT2D eigenvalue weighted by atomic mass is 10.1. The van der Waals surface area contributed by atoms with Crippen molar-refractivity contribution < 1.29 is 18.0 Å². The molecular formula is C28H33N3O4S. The first-order valence-corrected chi connectivity index (χ1v) is 13.3. The molecule has 3 rings (SSSR count). The Morgan fingerprint density at radius 1 is 0.944 bits per heavy atom. The summed E-state index contributed by atoms with van der Waals surface area (Å²) in [5.41, 5.74) is 3.12. The monoisotopic (exact) mass is 507 g/mol. The zero-order valence-electron chi connectivity index (χ0n) is 21.1. The first kappa shape index (κ1) is 26.9. The zero-order valence-corrected chi connectivity index (χ0v) is 22.0. The van der Waals surface area contributed by atoms with Crippen LogP contribution in [0.1, 0.15) is 30.5 Å². The van der Waals surface area contributed by atoms with Crippen molar-refractivity contribution in [2.24, 2.45) is 0 Å². The third-order valence-corrected chi connectivity index (χ3v) is 7.87. The molecule has 0 saturated carbocycles. The standard InChI is InChI=1S/C28H33N3O4S/c1-5-24-14-9-10-17-26(24)31(36(34,35)25-15-7-6-8-16-25)20-27(32)30(22(3)28(33)29-4)19-23-13-11-12-21(2)18-23/h6-18,22H,5,19-20H2,1-4H3,(H,29,33)/t22-/m0/s1. The van der Waals surface area contributed by atoms with Crippen LogP contribution in [-0.4, -0.2) is 44.8 Å². The van der Waals surface area contributed by atoms with Gasteiger partial charge in [0.15, 0.2) is 0 Å². The molecule has 0 fully saturated rings. The van der Waals surface area contributed by atoms with Crippen LogP contribution in [0, 0.1) is 6.92 Å². The van der Waals surface area contributed by atoms with Gasteiger partial charge in [-0.1, -0.05) is 73.2 Å². The van der Waals surface area contributed by atoms with Gasteiger partial charge in [0.1, 0.15) is 12.6 Å². The van der Waals surface area contributed by atoms with E-state index in [9.17, 15) is 18.0 Å². The second-order valence-electron chi connectivity index (χ2n) is 8.61. The maximum absolute atomic E-state index is 13.8. The molecule has 0 unspecified atom stereocenters. The minimum atomic E-state index is -4.06. The maximum Gasteiger partial charge on any atom is 0.264 e. The Labute approximate surface area is 213 Å². The predicted octanol–water partition coefficient (Wildman–Crippen LogP) is 3.92. The van der Waals surface area contributed by atoms with E-state index in [-0.39, 0.29) is 17.3 Å². The minimum absolute atomic E-state index is 0.0910. The molecule has 190 valence electrons. The van der Waals surface area contributed by atoms with Crippen molar-refractivity contribution >= 4 is 27.5 Å². The molecule has 1 atom stereocenters. The van der Waals surface area contributed by atoms with Gasteiger partial charge in [0.2, 0.25) is 11.8 Å². The van der Waals surface area contributed by atoms with Crippen LogP contribution in [-0.2, 0) is 32.6 Å². The van der Waals surface area contributed by atoms with E-state index in [4.69, 9.17) is 0 Å². The molecule has 0 spiro atoms. The van der Waals surface area contributed by atoms with Gasteiger partial charge in [-0.15, -0.1) is 0 Å². The molecule has 0 aromatic heterocycles. The molecule has 1 N–H and O–H groups in total. The van der Waals surface area contributed by atoms with E-state index in [1.165, 1.54) is 24.1 Å². The molecule has 7 nitrogen and oxygen atoms in total. The number of anilines is 1. The van der Waals surface area contributed by atoms with Crippen LogP contribution in [0.3, 0.4) is 0 Å². The van der Waals surface area contributed by atoms with Gasteiger partial charge in [0.05, 0.1) is 10.6 Å². The van der Waals surface area contributed by atoms with Crippen molar-refractivity contribution in [3.8, 4) is 0 Å². The Balaban J connectivity index is 2.06. The van der Waals surface area contributed by atoms with E-state index in [0.29, 0.717) is 12.1 Å². The van der Waals surface area contributed by atoms with Gasteiger partial charge in [-0.2, -0.15) is 0 Å². The Kier molecular flexibility index (Phi) is 8.88. The van der Waals surface area contributed by atoms with Crippen molar-refractivity contribution in [3.63, 3.8) is 0 Å². The summed E-state index contributed by atoms with van der Waals surface area (Å²) in [6, 6.07) is 22.1. The number of para-hydroxylation sites is 1. The maximum atomic E-state index is 13.8. The van der Waals surface area contributed by atoms with Gasteiger partial charge >= 0.3 is 0 Å². The van der Waals surface area contributed by atoms with Crippen LogP contribution in [0.2, 0.25) is 0 Å². The highest BCUT2D eigenvalue weighted by molar-refractivity contribution is 7.92. The van der Waals surface area contributed by atoms with E-state index in [1.54, 1.807) is 37.3 Å². The average Bonchev–Trinajstić information content (AvgIpc) is 2.89. The lowest BCUT2D eigenvalue weighted by Gasteiger charge is -2.32. The Morgan fingerprint density at radius 2 is 1.61 bits per heavy atom. The number of nitrogens with one attached hydrogen (secondary N) is 1. The molecule has 3 aromatic rings. The largest absolute Gasteiger partial charge is 0.357 e. The molecule has 0 aliphatic carbocycles. The summed E-state index contributed by atoms with van der Waals surface area (Å²) in [5, 5.41) is 2.59. The zero-order chi connectivity index (χ0) is 26.3. The summed E-state index contributed by atoms with van der Waals surface area (Å²) in [7, 11) is -2.55. The summed E-state index contributed by atoms with van der Waals surface area (Å²) in [6.45, 7) is 5.26. The summed E-state index contributed by atoms with van der Waals surface area (Å²) < 4.78 is 28.8. The van der Waals surface area contributed by atoms with E-state index in [1.807, 2.05) is 50.2 Å². The number of amides is 2. The molecule has 0 radical (unpaired) electrons. The number of likely N-dealkylation sites (N-methyl/N-ethyl adjacent to an activating group) is 1. The Bertz CT molecular complexity index is 1310. The van der Waals surface area contributed by atoms with E-state index in [2.05, 4.69) is 5.32 Å². The van der Waals surface area contributed by atoms with Crippen molar-refractivity contribution in [3.05, 3.63) is 95.6 Å². The van der Waals surface area contributed by atoms with Crippen molar-refractivity contribution in [1.82, 2.24) is 10.2 Å². The molecule has 0 aliphatic rings. The number of carbonyl (C=O) groups is 2. The molecule has 3 aromatic carbocycles. The van der Waals surface area contributed by atoms with Gasteiger partial charge in [-0.05, 0) is 49.6 Å². The molecule has 0 saturated heterocycles. The molecule has 0 heterocycles. The second-order valence-corrected chi connectivity index (χ2v) is 10.5. The van der Waals surface area contributed by atoms with Crippen LogP contribution >= 0.6 is 0 Å². The van der Waals surface area contributed by atoms with Gasteiger partial charge in [-0.3, -0.25) is 13.9 Å². The van der Waals surface area contributed by atoms with E-state index < -0.39 is 28.5 Å². The lowest BCUT2D eigenvalue weighted by molar-refractivity contribution is -0.139. The number of carbonyl (C=O) groups excluding carboxylic acids is 2. The molecular weight excluding hydrogens is 474 g/mol. The Hall–Kier alpha value is -3.65. The van der Waals surface area contributed by atoms with Crippen molar-refractivity contribution in [1.29, 1.82) is 0 Å². The fourth-order valence-electron chi connectivity index (χ4n) is 4.08. The quantitative estimate of drug-likeness (QED) is 0.451. The molecule has 2 amide bonds. The third-order valence-electron chi connectivity index (χ3n) is 6.10. The van der Waals surface area contributed by atoms with Gasteiger partial charge in [0.25, 0.3) is 10.0 Å². The Morgan fingerprint density at radius 3 is 2.25 bits per heavy atom. The number of sulfonamides is 1. The highest BCUT2D eigenvalue weighted by Crippen LogP contribution is 2.28. The number of hydrogen-bond acceptors (Lipinski definition) is 4. The highest BCUT2D eigenvalue weighted by atomic mass is 32.2. The highest BCUT2D eigenvalue weighted by Gasteiger charge is 2.33. The fourth-order valence-corrected chi connectivity index (χ4v) is 5.56. The van der Waals surface area contributed by atoms with Gasteiger partial charge in [-0.25, -0.2) is 8.42 Å². The molecule has 36 heavy (non-hydrogen) atoms. The lowest BCUT2D eigenvalue weighted by Crippen LogP contribution is -2.50. The van der Waals surface area contributed by atoms with Crippen molar-refractivity contribution in [2.75, 3.05) is 17.9 Å². The van der Waals surface area contributed by atoms with Crippen molar-refractivity contribution in [2.45, 2.75) is 44.7 Å². The normalized spacial score (nSPS) is 12.0. The third kappa shape index (κ3) is 6.12.